The van der Waals surface area contributed by atoms with Crippen molar-refractivity contribution in [2.24, 2.45) is 0 Å². The van der Waals surface area contributed by atoms with Gasteiger partial charge in [0.1, 0.15) is 5.78 Å². The lowest BCUT2D eigenvalue weighted by Gasteiger charge is -2.15. The van der Waals surface area contributed by atoms with Crippen LogP contribution < -0.4 is 0 Å². The topological polar surface area (TPSA) is 17.1 Å². The molecule has 0 spiro atoms. The van der Waals surface area contributed by atoms with Gasteiger partial charge in [-0.05, 0) is 31.3 Å². The SMILES string of the molecule is CCCCC1=C(CC(=O)CC)C=CCC1. The molecular weight excluding hydrogens is 184 g/mol. The molecule has 84 valence electrons. The van der Waals surface area contributed by atoms with Crippen LogP contribution in [0.5, 0.6) is 0 Å². The van der Waals surface area contributed by atoms with Gasteiger partial charge in [0.05, 0.1) is 0 Å². The zero-order valence-corrected chi connectivity index (χ0v) is 10.0. The van der Waals surface area contributed by atoms with Gasteiger partial charge in [0.15, 0.2) is 0 Å². The first-order chi connectivity index (χ1) is 7.27. The highest BCUT2D eigenvalue weighted by Gasteiger charge is 2.10. The molecule has 1 rings (SSSR count). The molecule has 0 aromatic carbocycles. The molecule has 0 aliphatic heterocycles. The van der Waals surface area contributed by atoms with Crippen LogP contribution in [0.2, 0.25) is 0 Å². The van der Waals surface area contributed by atoms with E-state index in [1.165, 1.54) is 36.8 Å². The number of carbonyl (C=O) groups is 1. The monoisotopic (exact) mass is 206 g/mol. The highest BCUT2D eigenvalue weighted by molar-refractivity contribution is 5.81. The van der Waals surface area contributed by atoms with Crippen molar-refractivity contribution in [1.29, 1.82) is 0 Å². The lowest BCUT2D eigenvalue weighted by Crippen LogP contribution is -2.02. The van der Waals surface area contributed by atoms with Gasteiger partial charge in [0.2, 0.25) is 0 Å². The molecule has 0 heterocycles. The highest BCUT2D eigenvalue weighted by atomic mass is 16.1. The van der Waals surface area contributed by atoms with Gasteiger partial charge in [-0.1, -0.05) is 38.0 Å². The predicted molar refractivity (Wildman–Crippen MR) is 64.8 cm³/mol. The Morgan fingerprint density at radius 1 is 1.40 bits per heavy atom. The van der Waals surface area contributed by atoms with Crippen molar-refractivity contribution >= 4 is 5.78 Å². The number of carbonyl (C=O) groups excluding carboxylic acids is 1. The van der Waals surface area contributed by atoms with Crippen LogP contribution >= 0.6 is 0 Å². The van der Waals surface area contributed by atoms with Crippen molar-refractivity contribution in [2.75, 3.05) is 0 Å². The Balaban J connectivity index is 2.63. The third kappa shape index (κ3) is 4.03. The predicted octanol–water partition coefficient (Wildman–Crippen LogP) is 4.19. The van der Waals surface area contributed by atoms with E-state index in [9.17, 15) is 4.79 Å². The Hall–Kier alpha value is -0.850. The quantitative estimate of drug-likeness (QED) is 0.636. The second-order valence-electron chi connectivity index (χ2n) is 4.24. The molecule has 0 atom stereocenters. The van der Waals surface area contributed by atoms with Crippen LogP contribution in [-0.4, -0.2) is 5.78 Å². The normalized spacial score (nSPS) is 15.9. The molecule has 0 N–H and O–H groups in total. The van der Waals surface area contributed by atoms with E-state index in [4.69, 9.17) is 0 Å². The maximum atomic E-state index is 11.4. The van der Waals surface area contributed by atoms with Crippen molar-refractivity contribution in [1.82, 2.24) is 0 Å². The third-order valence-electron chi connectivity index (χ3n) is 3.00. The first-order valence-electron chi connectivity index (χ1n) is 6.17. The molecule has 15 heavy (non-hydrogen) atoms. The molecular formula is C14H22O. The van der Waals surface area contributed by atoms with Crippen molar-refractivity contribution in [3.63, 3.8) is 0 Å². The Morgan fingerprint density at radius 3 is 2.87 bits per heavy atom. The maximum Gasteiger partial charge on any atom is 0.136 e. The van der Waals surface area contributed by atoms with Crippen LogP contribution in [0.15, 0.2) is 23.3 Å². The minimum Gasteiger partial charge on any atom is -0.299 e. The number of ketones is 1. The number of hydrogen-bond acceptors (Lipinski definition) is 1. The molecule has 1 aliphatic carbocycles. The van der Waals surface area contributed by atoms with Crippen molar-refractivity contribution in [2.45, 2.75) is 58.8 Å². The first-order valence-corrected chi connectivity index (χ1v) is 6.17. The van der Waals surface area contributed by atoms with Gasteiger partial charge in [0, 0.05) is 12.8 Å². The van der Waals surface area contributed by atoms with Crippen LogP contribution in [0.4, 0.5) is 0 Å². The summed E-state index contributed by atoms with van der Waals surface area (Å²) in [4.78, 5) is 11.4. The fourth-order valence-corrected chi connectivity index (χ4v) is 1.96. The number of unbranched alkanes of at least 4 members (excludes halogenated alkanes) is 1. The van der Waals surface area contributed by atoms with Crippen molar-refractivity contribution in [3.05, 3.63) is 23.3 Å². The van der Waals surface area contributed by atoms with Crippen LogP contribution in [0.25, 0.3) is 0 Å². The Bertz CT molecular complexity index is 271. The van der Waals surface area contributed by atoms with E-state index >= 15 is 0 Å². The number of rotatable bonds is 6. The molecule has 0 radical (unpaired) electrons. The lowest BCUT2D eigenvalue weighted by atomic mass is 9.90. The lowest BCUT2D eigenvalue weighted by molar-refractivity contribution is -0.118. The third-order valence-corrected chi connectivity index (χ3v) is 3.00. The van der Waals surface area contributed by atoms with Crippen LogP contribution in [-0.2, 0) is 4.79 Å². The van der Waals surface area contributed by atoms with E-state index in [-0.39, 0.29) is 0 Å². The molecule has 0 aromatic rings. The van der Waals surface area contributed by atoms with Gasteiger partial charge in [-0.25, -0.2) is 0 Å². The fourth-order valence-electron chi connectivity index (χ4n) is 1.96. The van der Waals surface area contributed by atoms with E-state index in [0.717, 1.165) is 6.42 Å². The van der Waals surface area contributed by atoms with E-state index in [1.54, 1.807) is 0 Å². The summed E-state index contributed by atoms with van der Waals surface area (Å²) in [5, 5.41) is 0. The van der Waals surface area contributed by atoms with Crippen molar-refractivity contribution in [3.8, 4) is 0 Å². The minimum atomic E-state index is 0.366. The van der Waals surface area contributed by atoms with Gasteiger partial charge in [-0.2, -0.15) is 0 Å². The van der Waals surface area contributed by atoms with Crippen molar-refractivity contribution < 1.29 is 4.79 Å². The Kier molecular flexibility index (Phi) is 5.38. The Morgan fingerprint density at radius 2 is 2.20 bits per heavy atom. The fraction of sp³-hybridized carbons (Fsp3) is 0.643. The highest BCUT2D eigenvalue weighted by Crippen LogP contribution is 2.26. The zero-order valence-electron chi connectivity index (χ0n) is 10.0. The van der Waals surface area contributed by atoms with Crippen LogP contribution in [0.1, 0.15) is 58.8 Å². The number of allylic oxidation sites excluding steroid dienone is 4. The summed E-state index contributed by atoms with van der Waals surface area (Å²) in [5.74, 6) is 0.366. The molecule has 1 nitrogen and oxygen atoms in total. The summed E-state index contributed by atoms with van der Waals surface area (Å²) in [6, 6.07) is 0. The minimum absolute atomic E-state index is 0.366. The zero-order chi connectivity index (χ0) is 11.1. The Labute approximate surface area is 93.3 Å². The summed E-state index contributed by atoms with van der Waals surface area (Å²) in [6.45, 7) is 4.16. The van der Waals surface area contributed by atoms with E-state index in [2.05, 4.69) is 19.1 Å². The number of Topliss-reactive ketones (excluding diaryl/α,β-unsaturated/α-hetero) is 1. The second kappa shape index (κ2) is 6.60. The smallest absolute Gasteiger partial charge is 0.136 e. The van der Waals surface area contributed by atoms with Gasteiger partial charge < -0.3 is 0 Å². The molecule has 1 aliphatic rings. The molecule has 0 unspecified atom stereocenters. The molecule has 0 saturated heterocycles. The summed E-state index contributed by atoms with van der Waals surface area (Å²) >= 11 is 0. The average Bonchev–Trinajstić information content (AvgIpc) is 2.28. The molecule has 0 saturated carbocycles. The second-order valence-corrected chi connectivity index (χ2v) is 4.24. The largest absolute Gasteiger partial charge is 0.299 e. The van der Waals surface area contributed by atoms with Gasteiger partial charge >= 0.3 is 0 Å². The maximum absolute atomic E-state index is 11.4. The van der Waals surface area contributed by atoms with Crippen LogP contribution in [0, 0.1) is 0 Å². The molecule has 0 aromatic heterocycles. The van der Waals surface area contributed by atoms with E-state index in [0.29, 0.717) is 18.6 Å². The summed E-state index contributed by atoms with van der Waals surface area (Å²) < 4.78 is 0. The number of hydrogen-bond donors (Lipinski definition) is 0. The summed E-state index contributed by atoms with van der Waals surface area (Å²) in [5.41, 5.74) is 2.84. The van der Waals surface area contributed by atoms with Crippen LogP contribution in [0.3, 0.4) is 0 Å². The standard InChI is InChI=1S/C14H22O/c1-3-5-8-12-9-6-7-10-13(12)11-14(15)4-2/h7,10H,3-6,8-9,11H2,1-2H3. The molecule has 1 heteroatoms. The van der Waals surface area contributed by atoms with Gasteiger partial charge in [-0.3, -0.25) is 4.79 Å². The summed E-state index contributed by atoms with van der Waals surface area (Å²) in [6.07, 6.45) is 11.7. The van der Waals surface area contributed by atoms with E-state index in [1.807, 2.05) is 6.92 Å². The molecule has 0 bridgehead atoms. The molecule has 0 fully saturated rings. The first kappa shape index (κ1) is 12.2. The molecule has 0 amide bonds. The van der Waals surface area contributed by atoms with Gasteiger partial charge in [-0.15, -0.1) is 0 Å². The van der Waals surface area contributed by atoms with Gasteiger partial charge in [0.25, 0.3) is 0 Å². The van der Waals surface area contributed by atoms with E-state index < -0.39 is 0 Å². The summed E-state index contributed by atoms with van der Waals surface area (Å²) in [7, 11) is 0. The average molecular weight is 206 g/mol.